The van der Waals surface area contributed by atoms with Gasteiger partial charge in [-0.25, -0.2) is 4.79 Å². The van der Waals surface area contributed by atoms with Crippen LogP contribution in [0.25, 0.3) is 11.0 Å². The molecule has 0 radical (unpaired) electrons. The van der Waals surface area contributed by atoms with E-state index >= 15 is 0 Å². The normalized spacial score (nSPS) is 13.0. The average molecular weight is 359 g/mol. The molecule has 3 aromatic rings. The van der Waals surface area contributed by atoms with E-state index in [-0.39, 0.29) is 33.2 Å². The molecule has 2 aromatic carbocycles. The van der Waals surface area contributed by atoms with Gasteiger partial charge in [-0.15, -0.1) is 0 Å². The van der Waals surface area contributed by atoms with Crippen molar-refractivity contribution >= 4 is 40.1 Å². The van der Waals surface area contributed by atoms with Crippen LogP contribution in [0, 0.1) is 0 Å². The Morgan fingerprint density at radius 3 is 2.12 bits per heavy atom. The number of aromatic hydroxyl groups is 2. The maximum atomic E-state index is 12.8. The summed E-state index contributed by atoms with van der Waals surface area (Å²) in [5.74, 6) is -4.57. The van der Waals surface area contributed by atoms with Gasteiger partial charge in [-0.1, -0.05) is 35.9 Å². The highest BCUT2D eigenvalue weighted by Gasteiger charge is 2.39. The number of benzene rings is 2. The Bertz CT molecular complexity index is 1140. The fourth-order valence-electron chi connectivity index (χ4n) is 3.05. The van der Waals surface area contributed by atoms with Gasteiger partial charge in [0.1, 0.15) is 5.75 Å². The molecule has 8 heteroatoms. The summed E-state index contributed by atoms with van der Waals surface area (Å²) < 4.78 is 5.03. The fourth-order valence-corrected chi connectivity index (χ4v) is 3.32. The first-order valence-electron chi connectivity index (χ1n) is 6.96. The molecule has 0 aliphatic heterocycles. The minimum Gasteiger partial charge on any atom is -0.506 e. The molecule has 3 N–H and O–H groups in total. The largest absolute Gasteiger partial charge is 0.506 e. The van der Waals surface area contributed by atoms with Gasteiger partial charge in [0.05, 0.1) is 21.5 Å². The number of phenols is 1. The van der Waals surface area contributed by atoms with Crippen LogP contribution in [0.3, 0.4) is 0 Å². The van der Waals surface area contributed by atoms with Crippen LogP contribution in [-0.2, 0) is 0 Å². The van der Waals surface area contributed by atoms with E-state index in [1.807, 2.05) is 0 Å². The van der Waals surface area contributed by atoms with E-state index in [0.717, 1.165) is 0 Å². The molecule has 1 aromatic heterocycles. The van der Waals surface area contributed by atoms with E-state index in [2.05, 4.69) is 0 Å². The second-order valence-electron chi connectivity index (χ2n) is 5.41. The number of hydrogen-bond acceptors (Lipinski definition) is 6. The molecule has 1 aliphatic carbocycles. The molecule has 0 bridgehead atoms. The Hall–Kier alpha value is -3.32. The molecule has 0 saturated carbocycles. The number of rotatable bonds is 1. The topological polar surface area (TPSA) is 125 Å². The Morgan fingerprint density at radius 2 is 1.56 bits per heavy atom. The van der Waals surface area contributed by atoms with Crippen LogP contribution in [0.2, 0.25) is 5.02 Å². The van der Waals surface area contributed by atoms with Crippen molar-refractivity contribution in [3.05, 3.63) is 57.1 Å². The summed E-state index contributed by atoms with van der Waals surface area (Å²) in [6, 6.07) is 5.98. The standard InChI is InChI=1S/C17H7ClO7/c18-11-7-10(16(22)23)17(24)25-15(7)9-8(14(11)21)12(19)5-3-1-2-4-6(5)13(9)20/h1-4,21,24H,(H,22,23). The minimum absolute atomic E-state index is 0.0794. The van der Waals surface area contributed by atoms with Gasteiger partial charge in [0, 0.05) is 11.1 Å². The molecule has 1 heterocycles. The lowest BCUT2D eigenvalue weighted by Crippen LogP contribution is -2.21. The van der Waals surface area contributed by atoms with E-state index in [1.54, 1.807) is 12.1 Å². The molecule has 1 aliphatic rings. The Kier molecular flexibility index (Phi) is 2.95. The molecule has 4 rings (SSSR count). The second-order valence-corrected chi connectivity index (χ2v) is 5.79. The zero-order valence-corrected chi connectivity index (χ0v) is 12.9. The molecule has 0 atom stereocenters. The van der Waals surface area contributed by atoms with Crippen LogP contribution in [0.4, 0.5) is 0 Å². The van der Waals surface area contributed by atoms with Crippen molar-refractivity contribution in [3.63, 3.8) is 0 Å². The van der Waals surface area contributed by atoms with E-state index in [0.29, 0.717) is 0 Å². The summed E-state index contributed by atoms with van der Waals surface area (Å²) in [5, 5.41) is 28.5. The second kappa shape index (κ2) is 4.84. The van der Waals surface area contributed by atoms with Crippen molar-refractivity contribution < 1.29 is 34.1 Å². The zero-order chi connectivity index (χ0) is 18.0. The van der Waals surface area contributed by atoms with Gasteiger partial charge in [-0.3, -0.25) is 9.59 Å². The number of ketones is 2. The molecular formula is C17H7ClO7. The average Bonchev–Trinajstić information content (AvgIpc) is 2.93. The van der Waals surface area contributed by atoms with Crippen LogP contribution in [0.5, 0.6) is 11.7 Å². The van der Waals surface area contributed by atoms with Gasteiger partial charge in [-0.2, -0.15) is 0 Å². The van der Waals surface area contributed by atoms with Crippen LogP contribution in [-0.4, -0.2) is 32.9 Å². The van der Waals surface area contributed by atoms with E-state index in [1.165, 1.54) is 12.1 Å². The Labute approximate surface area is 143 Å². The highest BCUT2D eigenvalue weighted by molar-refractivity contribution is 6.42. The van der Waals surface area contributed by atoms with Gasteiger partial charge >= 0.3 is 5.97 Å². The minimum atomic E-state index is -1.56. The summed E-state index contributed by atoms with van der Waals surface area (Å²) in [6.07, 6.45) is 0. The number of hydrogen-bond donors (Lipinski definition) is 3. The first-order valence-corrected chi connectivity index (χ1v) is 7.34. The third-order valence-electron chi connectivity index (χ3n) is 4.12. The van der Waals surface area contributed by atoms with Gasteiger partial charge in [-0.05, 0) is 0 Å². The van der Waals surface area contributed by atoms with Gasteiger partial charge in [0.15, 0.2) is 22.7 Å². The van der Waals surface area contributed by atoms with Crippen molar-refractivity contribution in [2.75, 3.05) is 0 Å². The SMILES string of the molecule is O=C1c2ccccc2C(=O)c2c1c(O)c(Cl)c1c(C(=O)O)c(O)oc21. The molecule has 0 saturated heterocycles. The number of fused-ring (bicyclic) bond motifs is 4. The maximum Gasteiger partial charge on any atom is 0.343 e. The van der Waals surface area contributed by atoms with E-state index < -0.39 is 39.8 Å². The summed E-state index contributed by atoms with van der Waals surface area (Å²) in [4.78, 5) is 36.9. The molecule has 0 unspecified atom stereocenters. The predicted molar refractivity (Wildman–Crippen MR) is 84.8 cm³/mol. The number of halogens is 1. The molecular weight excluding hydrogens is 352 g/mol. The van der Waals surface area contributed by atoms with E-state index in [9.17, 15) is 29.7 Å². The summed E-state index contributed by atoms with van der Waals surface area (Å²) >= 11 is 6.02. The fraction of sp³-hybridized carbons (Fsp3) is 0. The van der Waals surface area contributed by atoms with Crippen LogP contribution in [0.15, 0.2) is 28.7 Å². The first-order chi connectivity index (χ1) is 11.8. The number of phenolic OH excluding ortho intramolecular Hbond substituents is 1. The van der Waals surface area contributed by atoms with Crippen molar-refractivity contribution in [3.8, 4) is 11.7 Å². The van der Waals surface area contributed by atoms with Gasteiger partial charge in [0.25, 0.3) is 5.95 Å². The first kappa shape index (κ1) is 15.2. The maximum absolute atomic E-state index is 12.8. The zero-order valence-electron chi connectivity index (χ0n) is 12.2. The molecule has 0 fully saturated rings. The molecule has 0 amide bonds. The predicted octanol–water partition coefficient (Wildman–Crippen LogP) is 2.97. The molecule has 25 heavy (non-hydrogen) atoms. The number of furan rings is 1. The number of carboxylic acids is 1. The summed E-state index contributed by atoms with van der Waals surface area (Å²) in [6.45, 7) is 0. The smallest absolute Gasteiger partial charge is 0.343 e. The molecule has 0 spiro atoms. The lowest BCUT2D eigenvalue weighted by molar-refractivity contribution is 0.0693. The number of aromatic carboxylic acids is 1. The third-order valence-corrected chi connectivity index (χ3v) is 4.48. The van der Waals surface area contributed by atoms with Gasteiger partial charge < -0.3 is 19.7 Å². The lowest BCUT2D eigenvalue weighted by atomic mass is 9.82. The van der Waals surface area contributed by atoms with Crippen molar-refractivity contribution in [1.82, 2.24) is 0 Å². The van der Waals surface area contributed by atoms with Crippen LogP contribution < -0.4 is 0 Å². The highest BCUT2D eigenvalue weighted by atomic mass is 35.5. The quantitative estimate of drug-likeness (QED) is 0.477. The van der Waals surface area contributed by atoms with Gasteiger partial charge in [0.2, 0.25) is 0 Å². The van der Waals surface area contributed by atoms with Crippen molar-refractivity contribution in [2.24, 2.45) is 0 Å². The van der Waals surface area contributed by atoms with Crippen LogP contribution >= 0.6 is 11.6 Å². The molecule has 7 nitrogen and oxygen atoms in total. The molecule has 124 valence electrons. The number of carbonyl (C=O) groups excluding carboxylic acids is 2. The third kappa shape index (κ3) is 1.78. The lowest BCUT2D eigenvalue weighted by Gasteiger charge is -2.19. The van der Waals surface area contributed by atoms with Crippen molar-refractivity contribution in [2.45, 2.75) is 0 Å². The monoisotopic (exact) mass is 358 g/mol. The Balaban J connectivity index is 2.22. The summed E-state index contributed by atoms with van der Waals surface area (Å²) in [5.41, 5.74) is -1.61. The number of carboxylic acid groups (broad SMARTS) is 1. The number of carbonyl (C=O) groups is 3. The highest BCUT2D eigenvalue weighted by Crippen LogP contribution is 2.47. The van der Waals surface area contributed by atoms with Crippen molar-refractivity contribution in [1.29, 1.82) is 0 Å². The summed E-state index contributed by atoms with van der Waals surface area (Å²) in [7, 11) is 0. The Morgan fingerprint density at radius 1 is 1.00 bits per heavy atom. The van der Waals surface area contributed by atoms with E-state index in [4.69, 9.17) is 16.0 Å². The van der Waals surface area contributed by atoms with Crippen LogP contribution in [0.1, 0.15) is 42.2 Å².